The molecule has 0 saturated carbocycles. The molecule has 0 bridgehead atoms. The van der Waals surface area contributed by atoms with E-state index in [4.69, 9.17) is 4.74 Å². The van der Waals surface area contributed by atoms with Crippen LogP contribution in [0, 0.1) is 0 Å². The Morgan fingerprint density at radius 1 is 1.58 bits per heavy atom. The average Bonchev–Trinajstić information content (AvgIpc) is 2.57. The topological polar surface area (TPSA) is 33.3 Å². The first kappa shape index (κ1) is 9.96. The van der Waals surface area contributed by atoms with Crippen molar-refractivity contribution >= 4 is 0 Å². The summed E-state index contributed by atoms with van der Waals surface area (Å²) in [6.45, 7) is 7.16. The Kier molecular flexibility index (Phi) is 5.32. The average molecular weight is 172 g/mol. The van der Waals surface area contributed by atoms with Gasteiger partial charge < -0.3 is 15.4 Å². The summed E-state index contributed by atoms with van der Waals surface area (Å²) in [7, 11) is 0. The van der Waals surface area contributed by atoms with Gasteiger partial charge in [0.2, 0.25) is 0 Å². The zero-order valence-corrected chi connectivity index (χ0v) is 7.94. The third kappa shape index (κ3) is 4.04. The molecule has 0 radical (unpaired) electrons. The van der Waals surface area contributed by atoms with Crippen LogP contribution < -0.4 is 10.6 Å². The molecule has 1 heterocycles. The van der Waals surface area contributed by atoms with E-state index in [0.717, 1.165) is 32.7 Å². The molecular formula is C9H20N2O. The monoisotopic (exact) mass is 172 g/mol. The van der Waals surface area contributed by atoms with Crippen LogP contribution in [0.2, 0.25) is 0 Å². The lowest BCUT2D eigenvalue weighted by molar-refractivity contribution is 0.144. The van der Waals surface area contributed by atoms with Gasteiger partial charge in [-0.1, -0.05) is 0 Å². The van der Waals surface area contributed by atoms with Crippen LogP contribution in [0.15, 0.2) is 0 Å². The molecule has 3 nitrogen and oxygen atoms in total. The van der Waals surface area contributed by atoms with E-state index in [1.807, 2.05) is 6.92 Å². The van der Waals surface area contributed by atoms with Crippen LogP contribution in [0.5, 0.6) is 0 Å². The maximum absolute atomic E-state index is 5.24. The SMILES string of the molecule is CCOCCCNC1CCNC1. The first-order valence-corrected chi connectivity index (χ1v) is 4.95. The van der Waals surface area contributed by atoms with Gasteiger partial charge in [0, 0.05) is 25.8 Å². The fourth-order valence-electron chi connectivity index (χ4n) is 1.45. The smallest absolute Gasteiger partial charge is 0.0477 e. The predicted molar refractivity (Wildman–Crippen MR) is 50.4 cm³/mol. The molecule has 1 atom stereocenters. The zero-order chi connectivity index (χ0) is 8.65. The summed E-state index contributed by atoms with van der Waals surface area (Å²) in [4.78, 5) is 0. The molecule has 1 unspecified atom stereocenters. The van der Waals surface area contributed by atoms with Gasteiger partial charge in [-0.3, -0.25) is 0 Å². The number of rotatable bonds is 6. The van der Waals surface area contributed by atoms with E-state index in [2.05, 4.69) is 10.6 Å². The lowest BCUT2D eigenvalue weighted by Crippen LogP contribution is -2.32. The van der Waals surface area contributed by atoms with Gasteiger partial charge >= 0.3 is 0 Å². The van der Waals surface area contributed by atoms with E-state index in [1.165, 1.54) is 13.0 Å². The molecule has 0 amide bonds. The maximum atomic E-state index is 5.24. The fourth-order valence-corrected chi connectivity index (χ4v) is 1.45. The second kappa shape index (κ2) is 6.40. The highest BCUT2D eigenvalue weighted by Crippen LogP contribution is 1.96. The highest BCUT2D eigenvalue weighted by molar-refractivity contribution is 4.76. The molecule has 72 valence electrons. The quantitative estimate of drug-likeness (QED) is 0.568. The Morgan fingerprint density at radius 2 is 2.50 bits per heavy atom. The molecule has 0 aliphatic carbocycles. The lowest BCUT2D eigenvalue weighted by Gasteiger charge is -2.10. The van der Waals surface area contributed by atoms with Crippen LogP contribution in [0.1, 0.15) is 19.8 Å². The van der Waals surface area contributed by atoms with Gasteiger partial charge in [0.05, 0.1) is 0 Å². The maximum Gasteiger partial charge on any atom is 0.0477 e. The van der Waals surface area contributed by atoms with Crippen LogP contribution >= 0.6 is 0 Å². The van der Waals surface area contributed by atoms with E-state index < -0.39 is 0 Å². The molecule has 1 aliphatic rings. The summed E-state index contributed by atoms with van der Waals surface area (Å²) >= 11 is 0. The highest BCUT2D eigenvalue weighted by Gasteiger charge is 2.12. The van der Waals surface area contributed by atoms with Gasteiger partial charge in [0.1, 0.15) is 0 Å². The van der Waals surface area contributed by atoms with Crippen LogP contribution in [-0.4, -0.2) is 38.9 Å². The van der Waals surface area contributed by atoms with Gasteiger partial charge in [-0.05, 0) is 32.9 Å². The predicted octanol–water partition coefficient (Wildman–Crippen LogP) is 0.365. The molecule has 12 heavy (non-hydrogen) atoms. The summed E-state index contributed by atoms with van der Waals surface area (Å²) in [5, 5.41) is 6.83. The van der Waals surface area contributed by atoms with Crippen molar-refractivity contribution in [3.05, 3.63) is 0 Å². The van der Waals surface area contributed by atoms with Crippen molar-refractivity contribution in [2.24, 2.45) is 0 Å². The van der Waals surface area contributed by atoms with Crippen LogP contribution in [-0.2, 0) is 4.74 Å². The van der Waals surface area contributed by atoms with E-state index >= 15 is 0 Å². The zero-order valence-electron chi connectivity index (χ0n) is 7.94. The van der Waals surface area contributed by atoms with Gasteiger partial charge in [-0.25, -0.2) is 0 Å². The van der Waals surface area contributed by atoms with Gasteiger partial charge in [0.25, 0.3) is 0 Å². The third-order valence-electron chi connectivity index (χ3n) is 2.16. The van der Waals surface area contributed by atoms with E-state index in [-0.39, 0.29) is 0 Å². The minimum absolute atomic E-state index is 0.701. The Balaban J connectivity index is 1.81. The van der Waals surface area contributed by atoms with Gasteiger partial charge in [0.15, 0.2) is 0 Å². The summed E-state index contributed by atoms with van der Waals surface area (Å²) in [6, 6.07) is 0.701. The number of hydrogen-bond donors (Lipinski definition) is 2. The molecule has 0 spiro atoms. The molecule has 0 aromatic carbocycles. The standard InChI is InChI=1S/C9H20N2O/c1-2-12-7-3-5-11-9-4-6-10-8-9/h9-11H,2-8H2,1H3. The van der Waals surface area contributed by atoms with Gasteiger partial charge in [-0.15, -0.1) is 0 Å². The summed E-state index contributed by atoms with van der Waals surface area (Å²) in [5.74, 6) is 0. The first-order chi connectivity index (χ1) is 5.93. The fraction of sp³-hybridized carbons (Fsp3) is 1.00. The summed E-state index contributed by atoms with van der Waals surface area (Å²) in [6.07, 6.45) is 2.40. The van der Waals surface area contributed by atoms with E-state index in [9.17, 15) is 0 Å². The Morgan fingerprint density at radius 3 is 3.17 bits per heavy atom. The van der Waals surface area contributed by atoms with Crippen molar-refractivity contribution in [1.29, 1.82) is 0 Å². The molecule has 2 N–H and O–H groups in total. The Hall–Kier alpha value is -0.120. The molecule has 0 aromatic heterocycles. The summed E-state index contributed by atoms with van der Waals surface area (Å²) < 4.78 is 5.24. The number of nitrogens with one attached hydrogen (secondary N) is 2. The Labute approximate surface area is 74.9 Å². The molecule has 1 aliphatic heterocycles. The van der Waals surface area contributed by atoms with Crippen LogP contribution in [0.4, 0.5) is 0 Å². The van der Waals surface area contributed by atoms with E-state index in [0.29, 0.717) is 6.04 Å². The molecule has 3 heteroatoms. The third-order valence-corrected chi connectivity index (χ3v) is 2.16. The minimum Gasteiger partial charge on any atom is -0.382 e. The second-order valence-electron chi connectivity index (χ2n) is 3.19. The van der Waals surface area contributed by atoms with Gasteiger partial charge in [-0.2, -0.15) is 0 Å². The van der Waals surface area contributed by atoms with Crippen molar-refractivity contribution in [2.45, 2.75) is 25.8 Å². The molecule has 0 aromatic rings. The van der Waals surface area contributed by atoms with Crippen molar-refractivity contribution < 1.29 is 4.74 Å². The minimum atomic E-state index is 0.701. The van der Waals surface area contributed by atoms with E-state index in [1.54, 1.807) is 0 Å². The first-order valence-electron chi connectivity index (χ1n) is 4.95. The summed E-state index contributed by atoms with van der Waals surface area (Å²) in [5.41, 5.74) is 0. The molecule has 1 fully saturated rings. The largest absolute Gasteiger partial charge is 0.382 e. The molecular weight excluding hydrogens is 152 g/mol. The number of hydrogen-bond acceptors (Lipinski definition) is 3. The lowest BCUT2D eigenvalue weighted by atomic mass is 10.2. The van der Waals surface area contributed by atoms with Crippen molar-refractivity contribution in [2.75, 3.05) is 32.8 Å². The van der Waals surface area contributed by atoms with Crippen molar-refractivity contribution in [1.82, 2.24) is 10.6 Å². The highest BCUT2D eigenvalue weighted by atomic mass is 16.5. The second-order valence-corrected chi connectivity index (χ2v) is 3.19. The normalized spacial score (nSPS) is 23.2. The Bertz CT molecular complexity index is 103. The molecule has 1 rings (SSSR count). The number of ether oxygens (including phenoxy) is 1. The van der Waals surface area contributed by atoms with Crippen molar-refractivity contribution in [3.8, 4) is 0 Å². The van der Waals surface area contributed by atoms with Crippen LogP contribution in [0.25, 0.3) is 0 Å². The van der Waals surface area contributed by atoms with Crippen LogP contribution in [0.3, 0.4) is 0 Å². The molecule has 1 saturated heterocycles. The van der Waals surface area contributed by atoms with Crippen molar-refractivity contribution in [3.63, 3.8) is 0 Å².